The minimum absolute atomic E-state index is 0. The van der Waals surface area contributed by atoms with Gasteiger partial charge in [-0.25, -0.2) is 4.98 Å². The monoisotopic (exact) mass is 1290 g/mol. The molecule has 5 nitrogen and oxygen atoms in total. The maximum atomic E-state index is 7.19. The van der Waals surface area contributed by atoms with Gasteiger partial charge in [0.15, 0.2) is 0 Å². The molecular weight excluding hydrogens is 1220 g/mol. The van der Waals surface area contributed by atoms with Crippen LogP contribution in [0, 0.1) is 18.5 Å². The van der Waals surface area contributed by atoms with E-state index in [1.165, 1.54) is 27.8 Å². The van der Waals surface area contributed by atoms with Crippen LogP contribution >= 0.6 is 0 Å². The molecule has 3 heterocycles. The molecule has 0 aliphatic rings. The van der Waals surface area contributed by atoms with Crippen LogP contribution in [-0.4, -0.2) is 14.1 Å². The van der Waals surface area contributed by atoms with Crippen molar-refractivity contribution in [2.75, 3.05) is 0 Å². The minimum Gasteiger partial charge on any atom is -0.510 e. The summed E-state index contributed by atoms with van der Waals surface area (Å²) >= 11 is 0. The molecule has 6 heteroatoms. The van der Waals surface area contributed by atoms with Crippen LogP contribution in [0.5, 0.6) is 11.5 Å². The summed E-state index contributed by atoms with van der Waals surface area (Å²) in [6, 6.07) is 88.5. The third-order valence-electron chi connectivity index (χ3n) is 17.3. The first kappa shape index (κ1) is 58.4. The Balaban J connectivity index is 0.00000752. The summed E-state index contributed by atoms with van der Waals surface area (Å²) in [6.07, 6.45) is 6.05. The van der Waals surface area contributed by atoms with E-state index in [4.69, 9.17) is 9.72 Å². The van der Waals surface area contributed by atoms with Crippen molar-refractivity contribution >= 4 is 21.8 Å². The number of benzene rings is 9. The smallest absolute Gasteiger partial charge is 0.267 e. The van der Waals surface area contributed by atoms with Crippen molar-refractivity contribution in [3.8, 4) is 50.9 Å². The first-order valence-corrected chi connectivity index (χ1v) is 29.4. The van der Waals surface area contributed by atoms with Gasteiger partial charge in [-0.1, -0.05) is 258 Å². The molecule has 85 heavy (non-hydrogen) atoms. The largest absolute Gasteiger partial charge is 0.510 e. The van der Waals surface area contributed by atoms with Crippen molar-refractivity contribution in [2.45, 2.75) is 110 Å². The van der Waals surface area contributed by atoms with E-state index in [9.17, 15) is 0 Å². The van der Waals surface area contributed by atoms with E-state index in [1.54, 1.807) is 0 Å². The number of rotatable bonds is 13. The zero-order valence-electron chi connectivity index (χ0n) is 51.0. The number of ether oxygens (including phenoxy) is 1. The predicted octanol–water partition coefficient (Wildman–Crippen LogP) is 19.3. The van der Waals surface area contributed by atoms with Crippen molar-refractivity contribution in [1.29, 1.82) is 0 Å². The third kappa shape index (κ3) is 11.2. The fourth-order valence-corrected chi connectivity index (χ4v) is 12.1. The average molecular weight is 1290 g/mol. The molecule has 0 saturated heterocycles. The van der Waals surface area contributed by atoms with Gasteiger partial charge < -0.3 is 13.9 Å². The van der Waals surface area contributed by atoms with Crippen LogP contribution in [0.15, 0.2) is 231 Å². The topological polar surface area (TPSA) is 35.9 Å². The molecule has 428 valence electrons. The predicted molar refractivity (Wildman–Crippen MR) is 346 cm³/mol. The molecule has 0 atom stereocenters. The fraction of sp³-hybridized carbons (Fsp3) is 0.215. The second-order valence-electron chi connectivity index (χ2n) is 26.2. The van der Waals surface area contributed by atoms with E-state index in [0.717, 1.165) is 78.2 Å². The number of fused-ring (bicyclic) bond motifs is 3. The number of hydrogen-bond acceptors (Lipinski definition) is 2. The number of aromatic nitrogens is 4. The van der Waals surface area contributed by atoms with Gasteiger partial charge in [0.2, 0.25) is 0 Å². The molecule has 0 bridgehead atoms. The van der Waals surface area contributed by atoms with Gasteiger partial charge >= 0.3 is 0 Å². The second kappa shape index (κ2) is 22.6. The molecule has 0 N–H and O–H groups in total. The molecule has 0 amide bonds. The van der Waals surface area contributed by atoms with Crippen molar-refractivity contribution < 1.29 is 30.4 Å². The molecule has 0 unspecified atom stereocenters. The molecule has 12 aromatic rings. The van der Waals surface area contributed by atoms with E-state index in [-0.39, 0.29) is 37.3 Å². The zero-order chi connectivity index (χ0) is 58.8. The Labute approximate surface area is 518 Å². The molecule has 0 fully saturated rings. The normalized spacial score (nSPS) is 12.4. The molecule has 0 spiro atoms. The summed E-state index contributed by atoms with van der Waals surface area (Å²) in [4.78, 5) is 5.03. The van der Waals surface area contributed by atoms with E-state index in [0.29, 0.717) is 11.5 Å². The Morgan fingerprint density at radius 1 is 0.412 bits per heavy atom. The Hall–Kier alpha value is -8.37. The van der Waals surface area contributed by atoms with E-state index in [2.05, 4.69) is 334 Å². The average Bonchev–Trinajstić information content (AvgIpc) is 1.67. The van der Waals surface area contributed by atoms with Gasteiger partial charge in [0.05, 0.1) is 17.1 Å². The van der Waals surface area contributed by atoms with Crippen LogP contribution in [0.4, 0.5) is 0 Å². The summed E-state index contributed by atoms with van der Waals surface area (Å²) in [6.45, 7) is 27.6. The van der Waals surface area contributed by atoms with Crippen LogP contribution < -0.4 is 9.30 Å². The van der Waals surface area contributed by atoms with Gasteiger partial charge in [-0.15, -0.1) is 29.7 Å². The molecule has 3 aromatic heterocycles. The number of hydrogen-bond donors (Lipinski definition) is 0. The molecule has 0 aliphatic heterocycles. The first-order valence-electron chi connectivity index (χ1n) is 29.4. The van der Waals surface area contributed by atoms with Gasteiger partial charge in [-0.05, 0) is 102 Å². The van der Waals surface area contributed by atoms with Gasteiger partial charge in [0, 0.05) is 60.5 Å². The van der Waals surface area contributed by atoms with Crippen LogP contribution in [0.2, 0.25) is 0 Å². The minimum atomic E-state index is -0.578. The van der Waals surface area contributed by atoms with Crippen molar-refractivity contribution in [2.24, 2.45) is 0 Å². The maximum absolute atomic E-state index is 7.19. The molecular formula is C79H74N4OPt-2. The van der Waals surface area contributed by atoms with Gasteiger partial charge in [0.25, 0.3) is 6.33 Å². The second-order valence-corrected chi connectivity index (χ2v) is 26.2. The van der Waals surface area contributed by atoms with Crippen LogP contribution in [0.25, 0.3) is 61.3 Å². The van der Waals surface area contributed by atoms with E-state index >= 15 is 0 Å². The number of imidazole rings is 1. The fourth-order valence-electron chi connectivity index (χ4n) is 12.1. The Kier molecular flexibility index (Phi) is 15.5. The summed E-state index contributed by atoms with van der Waals surface area (Å²) in [7, 11) is 0. The van der Waals surface area contributed by atoms with E-state index in [1.807, 2.05) is 12.3 Å². The quantitative estimate of drug-likeness (QED) is 0.0852. The standard InChI is InChI=1S/C79H74N4O.Pt/c1-75(2,3)61-42-43-80-72(50-61)83-70-41-38-56(54-28-18-13-19-29-54)46-69(70)68-40-39-66(52-71(68)83)84-67-49-62(76(4,5)6)47-65(51-67)82-53-81(73(78(9,10)59-34-24-16-25-35-59)74(82)79(11,12)60-36-26-17-27-37-60)64-45-57(55-30-20-14-21-31-55)44-63(48-64)77(7,8)58-32-22-15-23-33-58;/h13-50H,1-12H3;/q-2;. The summed E-state index contributed by atoms with van der Waals surface area (Å²) in [5.41, 5.74) is 15.8. The van der Waals surface area contributed by atoms with E-state index < -0.39 is 10.8 Å². The zero-order valence-corrected chi connectivity index (χ0v) is 53.2. The summed E-state index contributed by atoms with van der Waals surface area (Å²) < 4.78 is 14.1. The molecule has 0 saturated carbocycles. The first-order chi connectivity index (χ1) is 40.2. The van der Waals surface area contributed by atoms with Gasteiger partial charge in [-0.3, -0.25) is 4.57 Å². The summed E-state index contributed by atoms with van der Waals surface area (Å²) in [5, 5.41) is 2.18. The van der Waals surface area contributed by atoms with Crippen LogP contribution in [-0.2, 0) is 48.1 Å². The van der Waals surface area contributed by atoms with Gasteiger partial charge in [-0.2, -0.15) is 17.7 Å². The Morgan fingerprint density at radius 2 is 0.965 bits per heavy atom. The number of pyridine rings is 1. The van der Waals surface area contributed by atoms with Gasteiger partial charge in [0.1, 0.15) is 5.82 Å². The van der Waals surface area contributed by atoms with Crippen LogP contribution in [0.3, 0.4) is 0 Å². The molecule has 0 aliphatic carbocycles. The van der Waals surface area contributed by atoms with Crippen molar-refractivity contribution in [3.63, 3.8) is 0 Å². The molecule has 0 radical (unpaired) electrons. The molecule has 12 rings (SSSR count). The van der Waals surface area contributed by atoms with Crippen molar-refractivity contribution in [3.05, 3.63) is 294 Å². The summed E-state index contributed by atoms with van der Waals surface area (Å²) in [5.74, 6) is 1.98. The number of nitrogens with zero attached hydrogens (tertiary/aromatic N) is 4. The maximum Gasteiger partial charge on any atom is 0.267 e. The third-order valence-corrected chi connectivity index (χ3v) is 17.3. The van der Waals surface area contributed by atoms with Crippen molar-refractivity contribution in [1.82, 2.24) is 14.1 Å². The molecule has 9 aromatic carbocycles. The Bertz CT molecular complexity index is 4350. The van der Waals surface area contributed by atoms with Crippen LogP contribution in [0.1, 0.15) is 128 Å². The Morgan fingerprint density at radius 3 is 1.55 bits per heavy atom. The SMILES string of the molecule is CC(C)(C)c1cc(Oc2[c-]c3c(cc2)c2cc(-c4ccccc4)ccc2n3-c2cc(C(C)(C)C)ccn2)[c-]c(-n2[c-][n+](-c3cc(-c4ccccc4)cc(C(C)(C)c4ccccc4)c3)c(C(C)(C)c3ccccc3)c2C(C)(C)c2ccccc2)c1.[Pt].